The molecule has 7 nitrogen and oxygen atoms in total. The number of urea groups is 1. The molecule has 1 aromatic carbocycles. The molecule has 1 aliphatic carbocycles. The molecule has 4 rings (SSSR count). The molecule has 3 aliphatic rings. The second kappa shape index (κ2) is 6.96. The number of nitrogens with zero attached hydrogens (tertiary/aromatic N) is 2. The Hall–Kier alpha value is -2.41. The van der Waals surface area contributed by atoms with E-state index in [1.807, 2.05) is 18.2 Å². The summed E-state index contributed by atoms with van der Waals surface area (Å²) in [5.41, 5.74) is -0.424. The third-order valence-corrected chi connectivity index (χ3v) is 5.89. The van der Waals surface area contributed by atoms with E-state index in [0.29, 0.717) is 5.56 Å². The summed E-state index contributed by atoms with van der Waals surface area (Å²) in [6, 6.07) is 9.45. The number of nitrogens with one attached hydrogen (secondary N) is 2. The van der Waals surface area contributed by atoms with Gasteiger partial charge in [-0.3, -0.25) is 14.5 Å². The van der Waals surface area contributed by atoms with Crippen LogP contribution in [0.15, 0.2) is 30.3 Å². The molecular weight excluding hydrogens is 344 g/mol. The summed E-state index contributed by atoms with van der Waals surface area (Å²) in [5, 5.41) is 5.73. The number of amides is 4. The van der Waals surface area contributed by atoms with Crippen LogP contribution in [0.1, 0.15) is 38.2 Å². The van der Waals surface area contributed by atoms with Crippen molar-refractivity contribution in [1.82, 2.24) is 20.4 Å². The van der Waals surface area contributed by atoms with Crippen molar-refractivity contribution in [2.75, 3.05) is 19.6 Å². The third kappa shape index (κ3) is 3.56. The van der Waals surface area contributed by atoms with Crippen molar-refractivity contribution >= 4 is 17.8 Å². The first-order chi connectivity index (χ1) is 13.0. The summed E-state index contributed by atoms with van der Waals surface area (Å²) < 4.78 is 0. The molecule has 2 aliphatic heterocycles. The second-order valence-corrected chi connectivity index (χ2v) is 7.92. The molecule has 27 heavy (non-hydrogen) atoms. The van der Waals surface area contributed by atoms with E-state index in [2.05, 4.69) is 15.5 Å². The Labute approximate surface area is 159 Å². The highest BCUT2D eigenvalue weighted by Crippen LogP contribution is 2.30. The first-order valence-corrected chi connectivity index (χ1v) is 9.70. The summed E-state index contributed by atoms with van der Waals surface area (Å²) in [4.78, 5) is 41.1. The number of hydrogen-bond acceptors (Lipinski definition) is 4. The number of piperidine rings is 1. The number of carbonyl (C=O) groups is 3. The third-order valence-electron chi connectivity index (χ3n) is 5.89. The lowest BCUT2D eigenvalue weighted by Crippen LogP contribution is -2.49. The first-order valence-electron chi connectivity index (χ1n) is 9.70. The van der Waals surface area contributed by atoms with Crippen LogP contribution >= 0.6 is 0 Å². The van der Waals surface area contributed by atoms with Gasteiger partial charge in [-0.2, -0.15) is 0 Å². The number of likely N-dealkylation sites (tertiary alicyclic amines) is 1. The fraction of sp³-hybridized carbons (Fsp3) is 0.550. The minimum atomic E-state index is -1.13. The predicted molar refractivity (Wildman–Crippen MR) is 99.8 cm³/mol. The van der Waals surface area contributed by atoms with E-state index in [1.165, 1.54) is 12.8 Å². The molecule has 7 heteroatoms. The van der Waals surface area contributed by atoms with E-state index in [0.717, 1.165) is 36.9 Å². The van der Waals surface area contributed by atoms with Crippen molar-refractivity contribution in [3.63, 3.8) is 0 Å². The van der Waals surface area contributed by atoms with Gasteiger partial charge in [0, 0.05) is 25.2 Å². The van der Waals surface area contributed by atoms with E-state index < -0.39 is 17.5 Å². The van der Waals surface area contributed by atoms with Crippen LogP contribution < -0.4 is 10.6 Å². The molecule has 0 aromatic heterocycles. The fourth-order valence-corrected chi connectivity index (χ4v) is 4.07. The van der Waals surface area contributed by atoms with Gasteiger partial charge in [-0.1, -0.05) is 30.3 Å². The molecule has 2 heterocycles. The van der Waals surface area contributed by atoms with Crippen molar-refractivity contribution in [1.29, 1.82) is 0 Å². The highest BCUT2D eigenvalue weighted by Gasteiger charge is 2.49. The molecule has 4 amide bonds. The smallest absolute Gasteiger partial charge is 0.325 e. The molecular formula is C20H26N4O3. The lowest BCUT2D eigenvalue weighted by atomic mass is 9.92. The Morgan fingerprint density at radius 2 is 1.81 bits per heavy atom. The maximum Gasteiger partial charge on any atom is 0.325 e. The summed E-state index contributed by atoms with van der Waals surface area (Å²) in [7, 11) is 0. The van der Waals surface area contributed by atoms with Crippen molar-refractivity contribution in [3.8, 4) is 0 Å². The molecule has 1 saturated carbocycles. The van der Waals surface area contributed by atoms with Gasteiger partial charge in [-0.05, 0) is 38.2 Å². The van der Waals surface area contributed by atoms with Gasteiger partial charge in [0.2, 0.25) is 5.91 Å². The molecule has 0 bridgehead atoms. The highest BCUT2D eigenvalue weighted by atomic mass is 16.2. The topological polar surface area (TPSA) is 81.8 Å². The van der Waals surface area contributed by atoms with E-state index in [4.69, 9.17) is 0 Å². The standard InChI is InChI=1S/C20H26N4O3/c1-20(14-5-3-2-4-6-14)18(26)24(19(27)22-20)13-17(25)21-15-9-11-23(12-10-15)16-7-8-16/h2-6,15-16H,7-13H2,1H3,(H,21,25)(H,22,27). The minimum absolute atomic E-state index is 0.119. The van der Waals surface area contributed by atoms with Crippen molar-refractivity contribution in [2.24, 2.45) is 0 Å². The Morgan fingerprint density at radius 3 is 2.44 bits per heavy atom. The Kier molecular flexibility index (Phi) is 4.63. The van der Waals surface area contributed by atoms with Gasteiger partial charge in [-0.15, -0.1) is 0 Å². The second-order valence-electron chi connectivity index (χ2n) is 7.92. The lowest BCUT2D eigenvalue weighted by molar-refractivity contribution is -0.135. The highest BCUT2D eigenvalue weighted by molar-refractivity contribution is 6.09. The normalized spacial score (nSPS) is 26.9. The van der Waals surface area contributed by atoms with Crippen LogP contribution in [0.5, 0.6) is 0 Å². The Morgan fingerprint density at radius 1 is 1.15 bits per heavy atom. The fourth-order valence-electron chi connectivity index (χ4n) is 4.07. The molecule has 0 spiro atoms. The molecule has 2 N–H and O–H groups in total. The largest absolute Gasteiger partial charge is 0.352 e. The SMILES string of the molecule is CC1(c2ccccc2)NC(=O)N(CC(=O)NC2CCN(C3CC3)CC2)C1=O. The number of rotatable bonds is 5. The van der Waals surface area contributed by atoms with Gasteiger partial charge < -0.3 is 15.5 Å². The molecule has 1 unspecified atom stereocenters. The van der Waals surface area contributed by atoms with E-state index in [-0.39, 0.29) is 18.5 Å². The summed E-state index contributed by atoms with van der Waals surface area (Å²) in [6.07, 6.45) is 4.43. The van der Waals surface area contributed by atoms with E-state index in [9.17, 15) is 14.4 Å². The first kappa shape index (κ1) is 18.0. The van der Waals surface area contributed by atoms with Crippen molar-refractivity contribution < 1.29 is 14.4 Å². The van der Waals surface area contributed by atoms with Gasteiger partial charge in [-0.25, -0.2) is 4.79 Å². The number of carbonyl (C=O) groups excluding carboxylic acids is 3. The van der Waals surface area contributed by atoms with Crippen LogP contribution in [0.25, 0.3) is 0 Å². The average molecular weight is 370 g/mol. The zero-order valence-electron chi connectivity index (χ0n) is 15.6. The van der Waals surface area contributed by atoms with Crippen LogP contribution in [0.4, 0.5) is 4.79 Å². The van der Waals surface area contributed by atoms with Gasteiger partial charge in [0.15, 0.2) is 0 Å². The minimum Gasteiger partial charge on any atom is -0.352 e. The van der Waals surface area contributed by atoms with Gasteiger partial charge in [0.05, 0.1) is 0 Å². The van der Waals surface area contributed by atoms with Gasteiger partial charge in [0.1, 0.15) is 12.1 Å². The summed E-state index contributed by atoms with van der Waals surface area (Å²) >= 11 is 0. The van der Waals surface area contributed by atoms with E-state index >= 15 is 0 Å². The molecule has 144 valence electrons. The van der Waals surface area contributed by atoms with Crippen LogP contribution in [0.2, 0.25) is 0 Å². The van der Waals surface area contributed by atoms with E-state index in [1.54, 1.807) is 19.1 Å². The maximum atomic E-state index is 12.8. The zero-order valence-corrected chi connectivity index (χ0v) is 15.6. The number of hydrogen-bond donors (Lipinski definition) is 2. The van der Waals surface area contributed by atoms with Crippen LogP contribution in [0.3, 0.4) is 0 Å². The molecule has 1 atom stereocenters. The quantitative estimate of drug-likeness (QED) is 0.763. The van der Waals surface area contributed by atoms with Gasteiger partial charge >= 0.3 is 6.03 Å². The number of imide groups is 1. The molecule has 0 radical (unpaired) electrons. The Balaban J connectivity index is 1.34. The van der Waals surface area contributed by atoms with Crippen LogP contribution in [0, 0.1) is 0 Å². The number of benzene rings is 1. The van der Waals surface area contributed by atoms with Crippen molar-refractivity contribution in [2.45, 2.75) is 50.2 Å². The van der Waals surface area contributed by atoms with Crippen molar-refractivity contribution in [3.05, 3.63) is 35.9 Å². The monoisotopic (exact) mass is 370 g/mol. The van der Waals surface area contributed by atoms with Crippen LogP contribution in [-0.4, -0.2) is 59.4 Å². The van der Waals surface area contributed by atoms with Gasteiger partial charge in [0.25, 0.3) is 5.91 Å². The molecule has 3 fully saturated rings. The lowest BCUT2D eigenvalue weighted by Gasteiger charge is -2.32. The summed E-state index contributed by atoms with van der Waals surface area (Å²) in [5.74, 6) is -0.668. The molecule has 2 saturated heterocycles. The molecule has 1 aromatic rings. The maximum absolute atomic E-state index is 12.8. The Bertz CT molecular complexity index is 741. The zero-order chi connectivity index (χ0) is 19.0. The summed E-state index contributed by atoms with van der Waals surface area (Å²) in [6.45, 7) is 3.44. The average Bonchev–Trinajstić information content (AvgIpc) is 3.49. The van der Waals surface area contributed by atoms with Crippen LogP contribution in [-0.2, 0) is 15.1 Å². The predicted octanol–water partition coefficient (Wildman–Crippen LogP) is 1.20.